The summed E-state index contributed by atoms with van der Waals surface area (Å²) in [7, 11) is 1.56. The van der Waals surface area contributed by atoms with Crippen LogP contribution in [0.4, 0.5) is 14.5 Å². The van der Waals surface area contributed by atoms with E-state index in [9.17, 15) is 13.6 Å². The van der Waals surface area contributed by atoms with E-state index in [1.807, 2.05) is 0 Å². The second-order valence-electron chi connectivity index (χ2n) is 4.53. The molecule has 104 valence electrons. The summed E-state index contributed by atoms with van der Waals surface area (Å²) >= 11 is 0. The number of nitrogens with two attached hydrogens (primary N) is 1. The normalized spacial score (nSPS) is 10.3. The number of rotatable bonds is 3. The lowest BCUT2D eigenvalue weighted by Crippen LogP contribution is -2.27. The fourth-order valence-corrected chi connectivity index (χ4v) is 1.85. The van der Waals surface area contributed by atoms with Crippen LogP contribution in [0, 0.1) is 11.6 Å². The Bertz CT molecular complexity index is 626. The van der Waals surface area contributed by atoms with Crippen molar-refractivity contribution in [2.24, 2.45) is 0 Å². The molecular formula is C15H14F2N2O. The number of nitrogens with zero attached hydrogens (tertiary/aromatic N) is 1. The SMILES string of the molecule is CN(Cc1ccc(F)cc1)C(=O)c1ccc(N)cc1F. The average molecular weight is 276 g/mol. The summed E-state index contributed by atoms with van der Waals surface area (Å²) in [4.78, 5) is 13.5. The van der Waals surface area contributed by atoms with Crippen LogP contribution in [0.1, 0.15) is 15.9 Å². The van der Waals surface area contributed by atoms with Crippen LogP contribution >= 0.6 is 0 Å². The van der Waals surface area contributed by atoms with Gasteiger partial charge in [-0.2, -0.15) is 0 Å². The number of benzene rings is 2. The molecular weight excluding hydrogens is 262 g/mol. The minimum Gasteiger partial charge on any atom is -0.399 e. The summed E-state index contributed by atoms with van der Waals surface area (Å²) < 4.78 is 26.5. The summed E-state index contributed by atoms with van der Waals surface area (Å²) in [6.45, 7) is 0.267. The zero-order valence-corrected chi connectivity index (χ0v) is 10.9. The zero-order valence-electron chi connectivity index (χ0n) is 10.9. The molecule has 2 N–H and O–H groups in total. The maximum absolute atomic E-state index is 13.7. The van der Waals surface area contributed by atoms with E-state index in [1.54, 1.807) is 19.2 Å². The van der Waals surface area contributed by atoms with Gasteiger partial charge >= 0.3 is 0 Å². The predicted octanol–water partition coefficient (Wildman–Crippen LogP) is 2.82. The molecule has 5 heteroatoms. The second kappa shape index (κ2) is 5.69. The van der Waals surface area contributed by atoms with Gasteiger partial charge in [-0.05, 0) is 35.9 Å². The molecule has 0 atom stereocenters. The highest BCUT2D eigenvalue weighted by Gasteiger charge is 2.16. The molecule has 2 aromatic rings. The average Bonchev–Trinajstić information content (AvgIpc) is 2.40. The Morgan fingerprint density at radius 2 is 1.80 bits per heavy atom. The molecule has 0 bridgehead atoms. The number of amides is 1. The molecule has 0 aliphatic heterocycles. The van der Waals surface area contributed by atoms with Crippen molar-refractivity contribution in [2.75, 3.05) is 12.8 Å². The minimum atomic E-state index is -0.652. The third kappa shape index (κ3) is 3.12. The van der Waals surface area contributed by atoms with E-state index in [2.05, 4.69) is 0 Å². The van der Waals surface area contributed by atoms with E-state index in [0.29, 0.717) is 0 Å². The highest BCUT2D eigenvalue weighted by atomic mass is 19.1. The van der Waals surface area contributed by atoms with Crippen molar-refractivity contribution < 1.29 is 13.6 Å². The van der Waals surface area contributed by atoms with Gasteiger partial charge in [-0.1, -0.05) is 12.1 Å². The van der Waals surface area contributed by atoms with Crippen LogP contribution in [-0.2, 0) is 6.54 Å². The largest absolute Gasteiger partial charge is 0.399 e. The van der Waals surface area contributed by atoms with Gasteiger partial charge in [0.1, 0.15) is 11.6 Å². The van der Waals surface area contributed by atoms with Gasteiger partial charge in [0.2, 0.25) is 0 Å². The smallest absolute Gasteiger partial charge is 0.256 e. The highest BCUT2D eigenvalue weighted by Crippen LogP contribution is 2.15. The first-order valence-corrected chi connectivity index (χ1v) is 6.02. The van der Waals surface area contributed by atoms with Crippen LogP contribution in [0.3, 0.4) is 0 Å². The molecule has 2 rings (SSSR count). The summed E-state index contributed by atoms with van der Waals surface area (Å²) in [5.41, 5.74) is 6.43. The number of anilines is 1. The van der Waals surface area contributed by atoms with E-state index in [1.165, 1.54) is 29.2 Å². The Kier molecular flexibility index (Phi) is 3.98. The van der Waals surface area contributed by atoms with E-state index in [0.717, 1.165) is 11.6 Å². The Labute approximate surface area is 115 Å². The fraction of sp³-hybridized carbons (Fsp3) is 0.133. The first-order chi connectivity index (χ1) is 9.47. The predicted molar refractivity (Wildman–Crippen MR) is 73.0 cm³/mol. The zero-order chi connectivity index (χ0) is 14.7. The van der Waals surface area contributed by atoms with Crippen LogP contribution in [0.25, 0.3) is 0 Å². The third-order valence-corrected chi connectivity index (χ3v) is 2.90. The van der Waals surface area contributed by atoms with E-state index >= 15 is 0 Å². The van der Waals surface area contributed by atoms with Gasteiger partial charge in [0, 0.05) is 19.3 Å². The summed E-state index contributed by atoms with van der Waals surface area (Å²) in [5, 5.41) is 0. The van der Waals surface area contributed by atoms with Crippen LogP contribution in [-0.4, -0.2) is 17.9 Å². The monoisotopic (exact) mass is 276 g/mol. The van der Waals surface area contributed by atoms with E-state index in [-0.39, 0.29) is 23.6 Å². The molecule has 0 fully saturated rings. The molecule has 20 heavy (non-hydrogen) atoms. The highest BCUT2D eigenvalue weighted by molar-refractivity contribution is 5.94. The van der Waals surface area contributed by atoms with Crippen molar-refractivity contribution in [2.45, 2.75) is 6.54 Å². The molecule has 0 heterocycles. The number of halogens is 2. The van der Waals surface area contributed by atoms with Gasteiger partial charge in [0.25, 0.3) is 5.91 Å². The van der Waals surface area contributed by atoms with Crippen LogP contribution in [0.5, 0.6) is 0 Å². The lowest BCUT2D eigenvalue weighted by Gasteiger charge is -2.17. The van der Waals surface area contributed by atoms with Crippen molar-refractivity contribution in [3.05, 3.63) is 65.2 Å². The molecule has 2 aromatic carbocycles. The number of hydrogen-bond acceptors (Lipinski definition) is 2. The maximum Gasteiger partial charge on any atom is 0.256 e. The van der Waals surface area contributed by atoms with Gasteiger partial charge in [0.15, 0.2) is 0 Å². The quantitative estimate of drug-likeness (QED) is 0.876. The van der Waals surface area contributed by atoms with Gasteiger partial charge in [0.05, 0.1) is 5.56 Å². The van der Waals surface area contributed by atoms with E-state index < -0.39 is 11.7 Å². The summed E-state index contributed by atoms with van der Waals surface area (Å²) in [6, 6.07) is 9.74. The molecule has 0 saturated heterocycles. The van der Waals surface area contributed by atoms with Gasteiger partial charge in [-0.3, -0.25) is 4.79 Å². The third-order valence-electron chi connectivity index (χ3n) is 2.90. The van der Waals surface area contributed by atoms with Gasteiger partial charge in [-0.25, -0.2) is 8.78 Å². The standard InChI is InChI=1S/C15H14F2N2O/c1-19(9-10-2-4-11(16)5-3-10)15(20)13-7-6-12(18)8-14(13)17/h2-8H,9,18H2,1H3. The van der Waals surface area contributed by atoms with Crippen LogP contribution in [0.2, 0.25) is 0 Å². The van der Waals surface area contributed by atoms with Crippen molar-refractivity contribution in [3.63, 3.8) is 0 Å². The summed E-state index contributed by atoms with van der Waals surface area (Å²) in [5.74, 6) is -1.44. The Hall–Kier alpha value is -2.43. The number of carbonyl (C=O) groups excluding carboxylic acids is 1. The van der Waals surface area contributed by atoms with Crippen molar-refractivity contribution >= 4 is 11.6 Å². The lowest BCUT2D eigenvalue weighted by atomic mass is 10.1. The molecule has 1 amide bonds. The van der Waals surface area contributed by atoms with E-state index in [4.69, 9.17) is 5.73 Å². The maximum atomic E-state index is 13.7. The first-order valence-electron chi connectivity index (χ1n) is 6.02. The molecule has 3 nitrogen and oxygen atoms in total. The lowest BCUT2D eigenvalue weighted by molar-refractivity contribution is 0.0780. The van der Waals surface area contributed by atoms with Crippen molar-refractivity contribution in [3.8, 4) is 0 Å². The number of hydrogen-bond donors (Lipinski definition) is 1. The van der Waals surface area contributed by atoms with Gasteiger partial charge in [-0.15, -0.1) is 0 Å². The molecule has 0 aliphatic rings. The molecule has 0 spiro atoms. The van der Waals surface area contributed by atoms with Crippen molar-refractivity contribution in [1.82, 2.24) is 4.90 Å². The Morgan fingerprint density at radius 1 is 1.15 bits per heavy atom. The summed E-state index contributed by atoms with van der Waals surface area (Å²) in [6.07, 6.45) is 0. The Morgan fingerprint density at radius 3 is 2.40 bits per heavy atom. The first kappa shape index (κ1) is 14.0. The van der Waals surface area contributed by atoms with Crippen LogP contribution in [0.15, 0.2) is 42.5 Å². The fourth-order valence-electron chi connectivity index (χ4n) is 1.85. The molecule has 0 radical (unpaired) electrons. The Balaban J connectivity index is 2.14. The minimum absolute atomic E-state index is 0.0381. The number of carbonyl (C=O) groups is 1. The molecule has 0 aromatic heterocycles. The second-order valence-corrected chi connectivity index (χ2v) is 4.53. The van der Waals surface area contributed by atoms with Crippen LogP contribution < -0.4 is 5.73 Å². The molecule has 0 aliphatic carbocycles. The van der Waals surface area contributed by atoms with Crippen molar-refractivity contribution in [1.29, 1.82) is 0 Å². The molecule has 0 unspecified atom stereocenters. The molecule has 0 saturated carbocycles. The topological polar surface area (TPSA) is 46.3 Å². The number of nitrogen functional groups attached to an aromatic ring is 1. The van der Waals surface area contributed by atoms with Gasteiger partial charge < -0.3 is 10.6 Å².